The second-order valence-corrected chi connectivity index (χ2v) is 4.57. The van der Waals surface area contributed by atoms with Crippen LogP contribution in [0, 0.1) is 17.2 Å². The van der Waals surface area contributed by atoms with Crippen LogP contribution in [0.2, 0.25) is 0 Å². The molecule has 1 atom stereocenters. The van der Waals surface area contributed by atoms with Gasteiger partial charge >= 0.3 is 0 Å². The van der Waals surface area contributed by atoms with Crippen molar-refractivity contribution in [2.75, 3.05) is 0 Å². The van der Waals surface area contributed by atoms with E-state index in [1.54, 1.807) is 6.07 Å². The molecular formula is C11H13BrN2. The Morgan fingerprint density at radius 2 is 2.00 bits per heavy atom. The molecule has 74 valence electrons. The first-order chi connectivity index (χ1) is 6.54. The van der Waals surface area contributed by atoms with Gasteiger partial charge in [-0.05, 0) is 29.7 Å². The summed E-state index contributed by atoms with van der Waals surface area (Å²) in [7, 11) is 0. The molecule has 0 bridgehead atoms. The summed E-state index contributed by atoms with van der Waals surface area (Å²) in [5, 5.41) is 8.80. The Hall–Kier alpha value is -0.850. The molecule has 0 spiro atoms. The minimum Gasteiger partial charge on any atom is -0.324 e. The minimum absolute atomic E-state index is 0.0143. The molecule has 0 saturated carbocycles. The zero-order valence-electron chi connectivity index (χ0n) is 8.29. The van der Waals surface area contributed by atoms with Gasteiger partial charge in [-0.3, -0.25) is 0 Å². The summed E-state index contributed by atoms with van der Waals surface area (Å²) in [5.74, 6) is 0.371. The smallest absolute Gasteiger partial charge is 0.0992 e. The number of hydrogen-bond acceptors (Lipinski definition) is 2. The molecule has 0 aliphatic rings. The number of nitrogens with two attached hydrogens (primary N) is 1. The topological polar surface area (TPSA) is 49.8 Å². The molecule has 3 heteroatoms. The molecule has 0 amide bonds. The Kier molecular flexibility index (Phi) is 3.68. The van der Waals surface area contributed by atoms with Crippen LogP contribution in [0.15, 0.2) is 22.7 Å². The van der Waals surface area contributed by atoms with E-state index in [-0.39, 0.29) is 6.04 Å². The monoisotopic (exact) mass is 252 g/mol. The average Bonchev–Trinajstić information content (AvgIpc) is 2.15. The maximum absolute atomic E-state index is 8.80. The van der Waals surface area contributed by atoms with Crippen LogP contribution in [-0.4, -0.2) is 0 Å². The molecule has 0 radical (unpaired) electrons. The van der Waals surface area contributed by atoms with Gasteiger partial charge in [-0.1, -0.05) is 29.8 Å². The van der Waals surface area contributed by atoms with Gasteiger partial charge in [0.25, 0.3) is 0 Å². The summed E-state index contributed by atoms with van der Waals surface area (Å²) in [5.41, 5.74) is 7.65. The lowest BCUT2D eigenvalue weighted by atomic mass is 9.96. The van der Waals surface area contributed by atoms with Crippen molar-refractivity contribution in [1.29, 1.82) is 5.26 Å². The minimum atomic E-state index is -0.0143. The second kappa shape index (κ2) is 4.59. The molecule has 1 rings (SSSR count). The lowest BCUT2D eigenvalue weighted by molar-refractivity contribution is 0.514. The Morgan fingerprint density at radius 3 is 2.50 bits per heavy atom. The number of nitriles is 1. The van der Waals surface area contributed by atoms with Crippen LogP contribution in [-0.2, 0) is 0 Å². The molecule has 0 fully saturated rings. The number of nitrogens with zero attached hydrogens (tertiary/aromatic N) is 1. The molecule has 1 aromatic rings. The van der Waals surface area contributed by atoms with E-state index in [9.17, 15) is 0 Å². The number of halogens is 1. The zero-order valence-corrected chi connectivity index (χ0v) is 9.88. The summed E-state index contributed by atoms with van der Waals surface area (Å²) in [6.45, 7) is 4.13. The predicted octanol–water partition coefficient (Wildman–Crippen LogP) is 2.98. The maximum Gasteiger partial charge on any atom is 0.0992 e. The van der Waals surface area contributed by atoms with Crippen LogP contribution < -0.4 is 5.73 Å². The summed E-state index contributed by atoms with van der Waals surface area (Å²) < 4.78 is 0.905. The predicted molar refractivity (Wildman–Crippen MR) is 60.6 cm³/mol. The fourth-order valence-electron chi connectivity index (χ4n) is 1.25. The highest BCUT2D eigenvalue weighted by Gasteiger charge is 2.11. The van der Waals surface area contributed by atoms with E-state index in [1.165, 1.54) is 0 Å². The first kappa shape index (κ1) is 11.2. The largest absolute Gasteiger partial charge is 0.324 e. The van der Waals surface area contributed by atoms with Crippen LogP contribution in [0.4, 0.5) is 0 Å². The van der Waals surface area contributed by atoms with Gasteiger partial charge in [0.05, 0.1) is 11.6 Å². The van der Waals surface area contributed by atoms with E-state index in [4.69, 9.17) is 11.0 Å². The summed E-state index contributed by atoms with van der Waals surface area (Å²) >= 11 is 3.36. The summed E-state index contributed by atoms with van der Waals surface area (Å²) in [6, 6.07) is 7.70. The lowest BCUT2D eigenvalue weighted by Crippen LogP contribution is -2.16. The Morgan fingerprint density at radius 1 is 1.36 bits per heavy atom. The van der Waals surface area contributed by atoms with Crippen LogP contribution >= 0.6 is 15.9 Å². The van der Waals surface area contributed by atoms with Crippen molar-refractivity contribution in [1.82, 2.24) is 0 Å². The number of hydrogen-bond donors (Lipinski definition) is 1. The molecule has 14 heavy (non-hydrogen) atoms. The van der Waals surface area contributed by atoms with E-state index in [0.717, 1.165) is 10.0 Å². The highest BCUT2D eigenvalue weighted by atomic mass is 79.9. The summed E-state index contributed by atoms with van der Waals surface area (Å²) in [4.78, 5) is 0. The van der Waals surface area contributed by atoms with E-state index in [0.29, 0.717) is 11.5 Å². The molecule has 0 aliphatic carbocycles. The second-order valence-electron chi connectivity index (χ2n) is 3.65. The quantitative estimate of drug-likeness (QED) is 0.880. The van der Waals surface area contributed by atoms with E-state index < -0.39 is 0 Å². The highest BCUT2D eigenvalue weighted by Crippen LogP contribution is 2.23. The highest BCUT2D eigenvalue weighted by molar-refractivity contribution is 9.10. The molecule has 2 nitrogen and oxygen atoms in total. The first-order valence-corrected chi connectivity index (χ1v) is 5.30. The van der Waals surface area contributed by atoms with Gasteiger partial charge in [0, 0.05) is 10.5 Å². The molecular weight excluding hydrogens is 240 g/mol. The third-order valence-electron chi connectivity index (χ3n) is 2.15. The van der Waals surface area contributed by atoms with Crippen molar-refractivity contribution in [3.05, 3.63) is 33.8 Å². The molecule has 1 unspecified atom stereocenters. The van der Waals surface area contributed by atoms with Gasteiger partial charge in [-0.2, -0.15) is 5.26 Å². The average molecular weight is 253 g/mol. The van der Waals surface area contributed by atoms with E-state index >= 15 is 0 Å². The maximum atomic E-state index is 8.80. The van der Waals surface area contributed by atoms with Gasteiger partial charge < -0.3 is 5.73 Å². The zero-order chi connectivity index (χ0) is 10.7. The normalized spacial score (nSPS) is 12.6. The number of rotatable bonds is 2. The van der Waals surface area contributed by atoms with Crippen molar-refractivity contribution in [3.63, 3.8) is 0 Å². The van der Waals surface area contributed by atoms with Crippen LogP contribution in [0.3, 0.4) is 0 Å². The van der Waals surface area contributed by atoms with Gasteiger partial charge in [0.2, 0.25) is 0 Å². The van der Waals surface area contributed by atoms with Gasteiger partial charge in [0.15, 0.2) is 0 Å². The molecule has 0 aromatic heterocycles. The number of benzene rings is 1. The molecule has 2 N–H and O–H groups in total. The van der Waals surface area contributed by atoms with E-state index in [1.807, 2.05) is 12.1 Å². The van der Waals surface area contributed by atoms with Crippen molar-refractivity contribution < 1.29 is 0 Å². The fraction of sp³-hybridized carbons (Fsp3) is 0.364. The van der Waals surface area contributed by atoms with Crippen LogP contribution in [0.5, 0.6) is 0 Å². The summed E-state index contributed by atoms with van der Waals surface area (Å²) in [6.07, 6.45) is 0. The van der Waals surface area contributed by atoms with Crippen molar-refractivity contribution in [2.24, 2.45) is 11.7 Å². The Labute approximate surface area is 92.9 Å². The first-order valence-electron chi connectivity index (χ1n) is 4.50. The van der Waals surface area contributed by atoms with Crippen LogP contribution in [0.1, 0.15) is 31.0 Å². The van der Waals surface area contributed by atoms with Crippen molar-refractivity contribution >= 4 is 15.9 Å². The van der Waals surface area contributed by atoms with Crippen molar-refractivity contribution in [3.8, 4) is 6.07 Å². The lowest BCUT2D eigenvalue weighted by Gasteiger charge is -2.16. The van der Waals surface area contributed by atoms with Crippen LogP contribution in [0.25, 0.3) is 0 Å². The Balaban J connectivity index is 3.10. The van der Waals surface area contributed by atoms with Crippen molar-refractivity contribution in [2.45, 2.75) is 19.9 Å². The van der Waals surface area contributed by atoms with Gasteiger partial charge in [-0.15, -0.1) is 0 Å². The van der Waals surface area contributed by atoms with E-state index in [2.05, 4.69) is 35.8 Å². The molecule has 1 aromatic carbocycles. The van der Waals surface area contributed by atoms with Gasteiger partial charge in [0.1, 0.15) is 0 Å². The molecule has 0 heterocycles. The SMILES string of the molecule is CC(C)C(N)c1cc(Br)cc(C#N)c1. The molecule has 0 aliphatic heterocycles. The Bertz CT molecular complexity index is 366. The third-order valence-corrected chi connectivity index (χ3v) is 2.61. The standard InChI is InChI=1S/C11H13BrN2/c1-7(2)11(14)9-3-8(6-13)4-10(12)5-9/h3-5,7,11H,14H2,1-2H3. The molecule has 0 saturated heterocycles. The van der Waals surface area contributed by atoms with Gasteiger partial charge in [-0.25, -0.2) is 0 Å². The fourth-order valence-corrected chi connectivity index (χ4v) is 1.77. The third kappa shape index (κ3) is 2.57.